The molecule has 2 rings (SSSR count). The molecule has 2 fully saturated rings. The average molecular weight is 283 g/mol. The summed E-state index contributed by atoms with van der Waals surface area (Å²) in [6.45, 7) is 7.08. The van der Waals surface area contributed by atoms with E-state index in [9.17, 15) is 4.79 Å². The number of likely N-dealkylation sites (N-methyl/N-ethyl adjacent to an activating group) is 1. The molecule has 1 aliphatic carbocycles. The Morgan fingerprint density at radius 1 is 1.15 bits per heavy atom. The fourth-order valence-corrected chi connectivity index (χ4v) is 3.06. The topological polar surface area (TPSA) is 44.8 Å². The molecule has 0 aromatic carbocycles. The zero-order valence-corrected chi connectivity index (χ0v) is 12.9. The maximum atomic E-state index is 12.1. The van der Waals surface area contributed by atoms with Gasteiger partial charge >= 0.3 is 0 Å². The largest absolute Gasteiger partial charge is 0.368 e. The molecule has 1 aliphatic heterocycles. The van der Waals surface area contributed by atoms with Gasteiger partial charge in [-0.25, -0.2) is 0 Å². The van der Waals surface area contributed by atoms with Gasteiger partial charge in [0.05, 0.1) is 6.10 Å². The molecule has 1 saturated heterocycles. The van der Waals surface area contributed by atoms with E-state index in [1.165, 1.54) is 12.8 Å². The second-order valence-corrected chi connectivity index (χ2v) is 6.03. The average Bonchev–Trinajstić information content (AvgIpc) is 2.47. The van der Waals surface area contributed by atoms with E-state index in [-0.39, 0.29) is 18.6 Å². The van der Waals surface area contributed by atoms with Gasteiger partial charge < -0.3 is 19.9 Å². The van der Waals surface area contributed by atoms with Crippen molar-refractivity contribution in [1.29, 1.82) is 0 Å². The fraction of sp³-hybridized carbons (Fsp3) is 0.933. The van der Waals surface area contributed by atoms with Crippen LogP contribution in [0.25, 0.3) is 0 Å². The SMILES string of the molecule is CCNC1CCC(OCC(=O)N2CCN(C)CC2)CC1. The van der Waals surface area contributed by atoms with Gasteiger partial charge in [0.2, 0.25) is 5.91 Å². The van der Waals surface area contributed by atoms with E-state index < -0.39 is 0 Å². The Morgan fingerprint density at radius 2 is 1.80 bits per heavy atom. The number of piperazine rings is 1. The minimum Gasteiger partial charge on any atom is -0.368 e. The van der Waals surface area contributed by atoms with Gasteiger partial charge in [-0.3, -0.25) is 4.79 Å². The minimum atomic E-state index is 0.159. The Hall–Kier alpha value is -0.650. The molecule has 0 spiro atoms. The Labute approximate surface area is 122 Å². The van der Waals surface area contributed by atoms with Crippen molar-refractivity contribution in [1.82, 2.24) is 15.1 Å². The van der Waals surface area contributed by atoms with Crippen molar-refractivity contribution in [2.45, 2.75) is 44.8 Å². The third kappa shape index (κ3) is 4.72. The highest BCUT2D eigenvalue weighted by atomic mass is 16.5. The van der Waals surface area contributed by atoms with Crippen LogP contribution in [0.2, 0.25) is 0 Å². The molecule has 0 atom stereocenters. The molecule has 2 aliphatic rings. The molecule has 0 aromatic heterocycles. The second-order valence-electron chi connectivity index (χ2n) is 6.03. The monoisotopic (exact) mass is 283 g/mol. The van der Waals surface area contributed by atoms with E-state index >= 15 is 0 Å². The smallest absolute Gasteiger partial charge is 0.248 e. The molecule has 5 heteroatoms. The lowest BCUT2D eigenvalue weighted by atomic mass is 9.93. The second kappa shape index (κ2) is 7.96. The molecule has 1 amide bonds. The van der Waals surface area contributed by atoms with Gasteiger partial charge in [0.25, 0.3) is 0 Å². The molecule has 0 unspecified atom stereocenters. The fourth-order valence-electron chi connectivity index (χ4n) is 3.06. The van der Waals surface area contributed by atoms with Crippen LogP contribution < -0.4 is 5.32 Å². The van der Waals surface area contributed by atoms with Gasteiger partial charge in [0.15, 0.2) is 0 Å². The minimum absolute atomic E-state index is 0.159. The van der Waals surface area contributed by atoms with Gasteiger partial charge in [-0.2, -0.15) is 0 Å². The summed E-state index contributed by atoms with van der Waals surface area (Å²) in [5.74, 6) is 0.159. The quantitative estimate of drug-likeness (QED) is 0.807. The Morgan fingerprint density at radius 3 is 2.40 bits per heavy atom. The van der Waals surface area contributed by atoms with Crippen LogP contribution in [0.15, 0.2) is 0 Å². The molecule has 20 heavy (non-hydrogen) atoms. The van der Waals surface area contributed by atoms with E-state index in [2.05, 4.69) is 24.2 Å². The van der Waals surface area contributed by atoms with E-state index in [1.807, 2.05) is 4.90 Å². The van der Waals surface area contributed by atoms with Crippen molar-refractivity contribution in [3.05, 3.63) is 0 Å². The van der Waals surface area contributed by atoms with Crippen LogP contribution in [-0.4, -0.2) is 74.2 Å². The third-order valence-corrected chi connectivity index (χ3v) is 4.47. The van der Waals surface area contributed by atoms with Gasteiger partial charge in [0, 0.05) is 32.2 Å². The predicted molar refractivity (Wildman–Crippen MR) is 79.7 cm³/mol. The number of carbonyl (C=O) groups is 1. The first-order chi connectivity index (χ1) is 9.69. The van der Waals surface area contributed by atoms with Crippen LogP contribution >= 0.6 is 0 Å². The Balaban J connectivity index is 1.62. The summed E-state index contributed by atoms with van der Waals surface area (Å²) in [4.78, 5) is 16.3. The molecule has 1 N–H and O–H groups in total. The first kappa shape index (κ1) is 15.7. The molecule has 1 saturated carbocycles. The third-order valence-electron chi connectivity index (χ3n) is 4.47. The highest BCUT2D eigenvalue weighted by molar-refractivity contribution is 5.77. The van der Waals surface area contributed by atoms with Crippen LogP contribution in [0, 0.1) is 0 Å². The summed E-state index contributed by atoms with van der Waals surface area (Å²) in [5, 5.41) is 3.49. The maximum Gasteiger partial charge on any atom is 0.248 e. The number of amides is 1. The van der Waals surface area contributed by atoms with Crippen LogP contribution in [-0.2, 0) is 9.53 Å². The molecule has 5 nitrogen and oxygen atoms in total. The van der Waals surface area contributed by atoms with Crippen molar-refractivity contribution in [3.63, 3.8) is 0 Å². The number of rotatable bonds is 5. The standard InChI is InChI=1S/C15H29N3O2/c1-3-16-13-4-6-14(7-5-13)20-12-15(19)18-10-8-17(2)9-11-18/h13-14,16H,3-12H2,1-2H3. The summed E-state index contributed by atoms with van der Waals surface area (Å²) in [7, 11) is 2.10. The lowest BCUT2D eigenvalue weighted by Crippen LogP contribution is -2.48. The molecule has 0 bridgehead atoms. The van der Waals surface area contributed by atoms with Crippen molar-refractivity contribution >= 4 is 5.91 Å². The number of hydrogen-bond acceptors (Lipinski definition) is 4. The summed E-state index contributed by atoms with van der Waals surface area (Å²) >= 11 is 0. The number of nitrogens with one attached hydrogen (secondary N) is 1. The van der Waals surface area contributed by atoms with Crippen molar-refractivity contribution in [2.75, 3.05) is 46.4 Å². The van der Waals surface area contributed by atoms with Crippen LogP contribution in [0.5, 0.6) is 0 Å². The first-order valence-corrected chi connectivity index (χ1v) is 8.00. The first-order valence-electron chi connectivity index (χ1n) is 8.00. The van der Waals surface area contributed by atoms with Crippen molar-refractivity contribution in [2.24, 2.45) is 0 Å². The van der Waals surface area contributed by atoms with E-state index in [0.717, 1.165) is 45.6 Å². The van der Waals surface area contributed by atoms with Crippen LogP contribution in [0.1, 0.15) is 32.6 Å². The molecular weight excluding hydrogens is 254 g/mol. The maximum absolute atomic E-state index is 12.1. The summed E-state index contributed by atoms with van der Waals surface area (Å²) in [5.41, 5.74) is 0. The molecule has 116 valence electrons. The van der Waals surface area contributed by atoms with E-state index in [1.54, 1.807) is 0 Å². The number of carbonyl (C=O) groups excluding carboxylic acids is 1. The normalized spacial score (nSPS) is 28.6. The highest BCUT2D eigenvalue weighted by Gasteiger charge is 2.23. The number of ether oxygens (including phenoxy) is 1. The van der Waals surface area contributed by atoms with Gasteiger partial charge in [-0.05, 0) is 39.3 Å². The van der Waals surface area contributed by atoms with Gasteiger partial charge in [0.1, 0.15) is 6.61 Å². The molecular formula is C15H29N3O2. The predicted octanol–water partition coefficient (Wildman–Crippen LogP) is 0.698. The Kier molecular flexibility index (Phi) is 6.26. The number of hydrogen-bond donors (Lipinski definition) is 1. The zero-order chi connectivity index (χ0) is 14.4. The Bertz CT molecular complexity index is 295. The lowest BCUT2D eigenvalue weighted by molar-refractivity contribution is -0.140. The van der Waals surface area contributed by atoms with Gasteiger partial charge in [-0.15, -0.1) is 0 Å². The summed E-state index contributed by atoms with van der Waals surface area (Å²) in [6, 6.07) is 0.646. The molecule has 0 aromatic rings. The molecule has 1 heterocycles. The van der Waals surface area contributed by atoms with E-state index in [4.69, 9.17) is 4.74 Å². The van der Waals surface area contributed by atoms with Crippen LogP contribution in [0.3, 0.4) is 0 Å². The van der Waals surface area contributed by atoms with Crippen molar-refractivity contribution in [3.8, 4) is 0 Å². The lowest BCUT2D eigenvalue weighted by Gasteiger charge is -2.33. The highest BCUT2D eigenvalue weighted by Crippen LogP contribution is 2.21. The zero-order valence-electron chi connectivity index (χ0n) is 12.9. The van der Waals surface area contributed by atoms with Crippen molar-refractivity contribution < 1.29 is 9.53 Å². The van der Waals surface area contributed by atoms with Gasteiger partial charge in [-0.1, -0.05) is 6.92 Å². The number of nitrogens with zero attached hydrogens (tertiary/aromatic N) is 2. The summed E-state index contributed by atoms with van der Waals surface area (Å²) in [6.07, 6.45) is 4.77. The molecule has 0 radical (unpaired) electrons. The van der Waals surface area contributed by atoms with E-state index in [0.29, 0.717) is 6.04 Å². The summed E-state index contributed by atoms with van der Waals surface area (Å²) < 4.78 is 5.82. The van der Waals surface area contributed by atoms with Crippen LogP contribution in [0.4, 0.5) is 0 Å².